The van der Waals surface area contributed by atoms with Crippen molar-refractivity contribution in [1.29, 1.82) is 0 Å². The highest BCUT2D eigenvalue weighted by atomic mass is 16.6. The van der Waals surface area contributed by atoms with E-state index in [9.17, 15) is 9.90 Å². The molecule has 1 aliphatic rings. The van der Waals surface area contributed by atoms with E-state index in [4.69, 9.17) is 14.5 Å². The van der Waals surface area contributed by atoms with Gasteiger partial charge in [-0.2, -0.15) is 0 Å². The van der Waals surface area contributed by atoms with Crippen molar-refractivity contribution in [2.75, 3.05) is 31.6 Å². The van der Waals surface area contributed by atoms with Gasteiger partial charge in [-0.3, -0.25) is 4.98 Å². The monoisotopic (exact) mass is 437 g/mol. The number of morpholine rings is 1. The zero-order chi connectivity index (χ0) is 22.7. The minimum absolute atomic E-state index is 0.191. The smallest absolute Gasteiger partial charge is 0.410 e. The Labute approximate surface area is 186 Å². The second-order valence-corrected chi connectivity index (χ2v) is 8.63. The highest BCUT2D eigenvalue weighted by Gasteiger charge is 2.28. The lowest BCUT2D eigenvalue weighted by Gasteiger charge is -2.34. The van der Waals surface area contributed by atoms with Gasteiger partial charge in [0.2, 0.25) is 0 Å². The molecule has 4 rings (SSSR count). The van der Waals surface area contributed by atoms with Crippen LogP contribution < -0.4 is 5.32 Å². The molecule has 0 bridgehead atoms. The lowest BCUT2D eigenvalue weighted by atomic mass is 10.1. The molecular weight excluding hydrogens is 410 g/mol. The van der Waals surface area contributed by atoms with Crippen LogP contribution in [0.3, 0.4) is 0 Å². The van der Waals surface area contributed by atoms with Crippen molar-refractivity contribution in [3.63, 3.8) is 0 Å². The molecular formula is C23H27N5O4. The second-order valence-electron chi connectivity index (χ2n) is 8.63. The van der Waals surface area contributed by atoms with Crippen LogP contribution in [-0.4, -0.2) is 69.0 Å². The van der Waals surface area contributed by atoms with E-state index in [1.54, 1.807) is 41.6 Å². The van der Waals surface area contributed by atoms with E-state index in [1.807, 2.05) is 26.8 Å². The van der Waals surface area contributed by atoms with Crippen molar-refractivity contribution in [2.24, 2.45) is 0 Å². The normalized spacial score (nSPS) is 16.7. The zero-order valence-electron chi connectivity index (χ0n) is 18.4. The molecule has 1 aliphatic heterocycles. The van der Waals surface area contributed by atoms with Gasteiger partial charge >= 0.3 is 6.09 Å². The van der Waals surface area contributed by atoms with E-state index in [1.165, 1.54) is 0 Å². The van der Waals surface area contributed by atoms with Gasteiger partial charge in [-0.05, 0) is 51.1 Å². The maximum absolute atomic E-state index is 12.4. The first-order chi connectivity index (χ1) is 15.3. The molecule has 9 nitrogen and oxygen atoms in total. The molecule has 9 heteroatoms. The number of aromatic nitrogens is 3. The van der Waals surface area contributed by atoms with Crippen LogP contribution in [0.1, 0.15) is 20.8 Å². The number of carbonyl (C=O) groups is 1. The first-order valence-corrected chi connectivity index (χ1v) is 10.5. The van der Waals surface area contributed by atoms with Crippen molar-refractivity contribution < 1.29 is 19.4 Å². The summed E-state index contributed by atoms with van der Waals surface area (Å²) in [5.74, 6) is 0.772. The van der Waals surface area contributed by atoms with Gasteiger partial charge in [-0.1, -0.05) is 0 Å². The van der Waals surface area contributed by atoms with E-state index in [2.05, 4.69) is 15.3 Å². The van der Waals surface area contributed by atoms with Gasteiger partial charge in [0, 0.05) is 31.0 Å². The molecule has 1 atom stereocenters. The largest absolute Gasteiger partial charge is 0.508 e. The summed E-state index contributed by atoms with van der Waals surface area (Å²) >= 11 is 0. The predicted octanol–water partition coefficient (Wildman–Crippen LogP) is 3.45. The first-order valence-electron chi connectivity index (χ1n) is 10.5. The molecule has 0 spiro atoms. The van der Waals surface area contributed by atoms with Crippen LogP contribution in [0.5, 0.6) is 5.75 Å². The quantitative estimate of drug-likeness (QED) is 0.639. The molecule has 168 valence electrons. The number of phenolic OH excluding ortho intramolecular Hbond substituents is 1. The summed E-state index contributed by atoms with van der Waals surface area (Å²) in [7, 11) is 0. The highest BCUT2D eigenvalue weighted by Crippen LogP contribution is 2.26. The van der Waals surface area contributed by atoms with Crippen LogP contribution in [0, 0.1) is 0 Å². The number of phenols is 1. The Balaban J connectivity index is 1.51. The molecule has 3 heterocycles. The molecule has 0 radical (unpaired) electrons. The number of amides is 1. The molecule has 0 aliphatic carbocycles. The number of rotatable bonds is 4. The van der Waals surface area contributed by atoms with Crippen LogP contribution in [0.2, 0.25) is 0 Å². The fraction of sp³-hybridized carbons (Fsp3) is 0.391. The highest BCUT2D eigenvalue weighted by molar-refractivity contribution is 5.88. The molecule has 1 saturated heterocycles. The number of ether oxygens (including phenoxy) is 2. The number of carbonyl (C=O) groups excluding carboxylic acids is 1. The fourth-order valence-electron chi connectivity index (χ4n) is 3.42. The Hall–Kier alpha value is -3.46. The Morgan fingerprint density at radius 3 is 2.75 bits per heavy atom. The number of nitrogens with one attached hydrogen (secondary N) is 1. The van der Waals surface area contributed by atoms with E-state index in [0.717, 1.165) is 5.56 Å². The van der Waals surface area contributed by atoms with E-state index < -0.39 is 5.60 Å². The van der Waals surface area contributed by atoms with Crippen LogP contribution in [0.4, 0.5) is 10.6 Å². The SMILES string of the molecule is CC(C)(C)OC(=O)N1CCOC(CNc2nc(-c3ccc(O)cc3)cc3nccnc23)C1. The number of hydrogen-bond donors (Lipinski definition) is 2. The average Bonchev–Trinajstić information content (AvgIpc) is 2.77. The van der Waals surface area contributed by atoms with Gasteiger partial charge in [-0.15, -0.1) is 0 Å². The van der Waals surface area contributed by atoms with Crippen LogP contribution in [-0.2, 0) is 9.47 Å². The van der Waals surface area contributed by atoms with Gasteiger partial charge < -0.3 is 24.8 Å². The van der Waals surface area contributed by atoms with Gasteiger partial charge in [-0.25, -0.2) is 14.8 Å². The predicted molar refractivity (Wildman–Crippen MR) is 120 cm³/mol. The Bertz CT molecular complexity index is 1100. The number of fused-ring (bicyclic) bond motifs is 1. The number of aromatic hydroxyl groups is 1. The Kier molecular flexibility index (Phi) is 6.09. The molecule has 1 amide bonds. The Morgan fingerprint density at radius 1 is 1.25 bits per heavy atom. The van der Waals surface area contributed by atoms with Crippen molar-refractivity contribution in [3.8, 4) is 17.0 Å². The Morgan fingerprint density at radius 2 is 2.00 bits per heavy atom. The third-order valence-corrected chi connectivity index (χ3v) is 4.91. The average molecular weight is 438 g/mol. The van der Waals surface area contributed by atoms with Crippen LogP contribution in [0.25, 0.3) is 22.3 Å². The van der Waals surface area contributed by atoms with Gasteiger partial charge in [0.25, 0.3) is 0 Å². The molecule has 0 saturated carbocycles. The van der Waals surface area contributed by atoms with Crippen LogP contribution >= 0.6 is 0 Å². The van der Waals surface area contributed by atoms with Gasteiger partial charge in [0.15, 0.2) is 5.82 Å². The summed E-state index contributed by atoms with van der Waals surface area (Å²) in [5.41, 5.74) is 2.37. The zero-order valence-corrected chi connectivity index (χ0v) is 18.4. The molecule has 2 N–H and O–H groups in total. The third-order valence-electron chi connectivity index (χ3n) is 4.91. The number of pyridine rings is 1. The van der Waals surface area contributed by atoms with E-state index in [0.29, 0.717) is 48.8 Å². The van der Waals surface area contributed by atoms with E-state index >= 15 is 0 Å². The third kappa shape index (κ3) is 5.23. The van der Waals surface area contributed by atoms with Crippen LogP contribution in [0.15, 0.2) is 42.7 Å². The van der Waals surface area contributed by atoms with Gasteiger partial charge in [0.05, 0.1) is 30.5 Å². The lowest BCUT2D eigenvalue weighted by Crippen LogP contribution is -2.49. The summed E-state index contributed by atoms with van der Waals surface area (Å²) in [6.45, 7) is 7.34. The summed E-state index contributed by atoms with van der Waals surface area (Å²) < 4.78 is 11.3. The summed E-state index contributed by atoms with van der Waals surface area (Å²) in [6.07, 6.45) is 2.70. The minimum Gasteiger partial charge on any atom is -0.508 e. The minimum atomic E-state index is -0.542. The molecule has 1 fully saturated rings. The summed E-state index contributed by atoms with van der Waals surface area (Å²) in [5, 5.41) is 12.9. The summed E-state index contributed by atoms with van der Waals surface area (Å²) in [4.78, 5) is 27.7. The second kappa shape index (κ2) is 8.96. The molecule has 3 aromatic rings. The van der Waals surface area contributed by atoms with Crippen molar-refractivity contribution in [3.05, 3.63) is 42.7 Å². The van der Waals surface area contributed by atoms with Crippen molar-refractivity contribution in [1.82, 2.24) is 19.9 Å². The van der Waals surface area contributed by atoms with Gasteiger partial charge in [0.1, 0.15) is 16.9 Å². The summed E-state index contributed by atoms with van der Waals surface area (Å²) in [6, 6.07) is 8.69. The topological polar surface area (TPSA) is 110 Å². The van der Waals surface area contributed by atoms with Crippen molar-refractivity contribution >= 4 is 22.9 Å². The number of hydrogen-bond acceptors (Lipinski definition) is 8. The lowest BCUT2D eigenvalue weighted by molar-refractivity contribution is -0.0371. The molecule has 2 aromatic heterocycles. The fourth-order valence-corrected chi connectivity index (χ4v) is 3.42. The number of nitrogens with zero attached hydrogens (tertiary/aromatic N) is 4. The molecule has 1 unspecified atom stereocenters. The standard InChI is InChI=1S/C23H27N5O4/c1-23(2,3)32-22(30)28-10-11-31-17(14-28)13-26-21-20-19(24-8-9-25-20)12-18(27-21)15-4-6-16(29)7-5-15/h4-9,12,17,29H,10-11,13-14H2,1-3H3,(H,26,27). The number of anilines is 1. The maximum Gasteiger partial charge on any atom is 0.410 e. The maximum atomic E-state index is 12.4. The molecule has 1 aromatic carbocycles. The van der Waals surface area contributed by atoms with Crippen molar-refractivity contribution in [2.45, 2.75) is 32.5 Å². The number of benzene rings is 1. The van der Waals surface area contributed by atoms with E-state index in [-0.39, 0.29) is 17.9 Å². The molecule has 32 heavy (non-hydrogen) atoms. The first kappa shape index (κ1) is 21.8.